The van der Waals surface area contributed by atoms with Crippen molar-refractivity contribution in [3.8, 4) is 16.8 Å². The molecule has 4 rings (SSSR count). The lowest BCUT2D eigenvalue weighted by atomic mass is 10.0. The van der Waals surface area contributed by atoms with Crippen molar-refractivity contribution in [1.82, 2.24) is 35.5 Å². The predicted octanol–water partition coefficient (Wildman–Crippen LogP) is 3.45. The third kappa shape index (κ3) is 4.34. The zero-order valence-electron chi connectivity index (χ0n) is 17.3. The van der Waals surface area contributed by atoms with Gasteiger partial charge in [0.05, 0.1) is 23.6 Å². The maximum atomic E-state index is 14.5. The quantitative estimate of drug-likeness (QED) is 0.498. The van der Waals surface area contributed by atoms with E-state index in [1.165, 1.54) is 23.0 Å². The predicted molar refractivity (Wildman–Crippen MR) is 112 cm³/mol. The summed E-state index contributed by atoms with van der Waals surface area (Å²) in [5, 5.41) is 14.5. The Labute approximate surface area is 182 Å². The topological polar surface area (TPSA) is 98.5 Å². The number of aryl methyl sites for hydroxylation is 1. The summed E-state index contributed by atoms with van der Waals surface area (Å²) < 4.78 is 29.4. The minimum absolute atomic E-state index is 0.149. The highest BCUT2D eigenvalue weighted by atomic mass is 19.1. The van der Waals surface area contributed by atoms with Crippen molar-refractivity contribution in [3.63, 3.8) is 0 Å². The van der Waals surface area contributed by atoms with Gasteiger partial charge in [0.2, 0.25) is 0 Å². The second-order valence-electron chi connectivity index (χ2n) is 7.08. The Morgan fingerprint density at radius 2 is 2.00 bits per heavy atom. The van der Waals surface area contributed by atoms with Gasteiger partial charge in [-0.15, -0.1) is 5.10 Å². The fourth-order valence-corrected chi connectivity index (χ4v) is 3.26. The summed E-state index contributed by atoms with van der Waals surface area (Å²) in [5.41, 5.74) is 1.86. The molecule has 0 aliphatic carbocycles. The Bertz CT molecular complexity index is 1260. The van der Waals surface area contributed by atoms with Crippen molar-refractivity contribution in [2.45, 2.75) is 26.3 Å². The van der Waals surface area contributed by atoms with Crippen LogP contribution in [0.3, 0.4) is 0 Å². The van der Waals surface area contributed by atoms with Gasteiger partial charge in [0.1, 0.15) is 11.6 Å². The standard InChI is InChI=1S/C22H19F2N7O/c1-3-21-28-29-30-31(21)17-9-14(18-5-4-16(23)11-19(18)24)8-15(10-17)22(32)27-13(2)20-12-25-6-7-26-20/h4-13H,3H2,1-2H3,(H,27,32). The monoisotopic (exact) mass is 435 g/mol. The summed E-state index contributed by atoms with van der Waals surface area (Å²) >= 11 is 0. The van der Waals surface area contributed by atoms with Crippen LogP contribution in [0.25, 0.3) is 16.8 Å². The second-order valence-corrected chi connectivity index (χ2v) is 7.08. The van der Waals surface area contributed by atoms with Crippen LogP contribution in [0.15, 0.2) is 55.0 Å². The van der Waals surface area contributed by atoms with Crippen molar-refractivity contribution in [1.29, 1.82) is 0 Å². The highest BCUT2D eigenvalue weighted by Crippen LogP contribution is 2.28. The molecule has 1 N–H and O–H groups in total. The largest absolute Gasteiger partial charge is 0.344 e. The molecule has 1 atom stereocenters. The number of halogens is 2. The molecule has 4 aromatic rings. The normalized spacial score (nSPS) is 11.9. The molecule has 2 aromatic carbocycles. The molecule has 1 unspecified atom stereocenters. The molecule has 8 nitrogen and oxygen atoms in total. The number of rotatable bonds is 6. The minimum atomic E-state index is -0.742. The van der Waals surface area contributed by atoms with Crippen LogP contribution in [0.4, 0.5) is 8.78 Å². The molecule has 0 saturated carbocycles. The highest BCUT2D eigenvalue weighted by Gasteiger charge is 2.18. The van der Waals surface area contributed by atoms with Gasteiger partial charge in [-0.25, -0.2) is 8.78 Å². The van der Waals surface area contributed by atoms with E-state index in [1.54, 1.807) is 31.5 Å². The maximum Gasteiger partial charge on any atom is 0.251 e. The van der Waals surface area contributed by atoms with Crippen LogP contribution >= 0.6 is 0 Å². The van der Waals surface area contributed by atoms with Crippen LogP contribution in [-0.2, 0) is 6.42 Å². The van der Waals surface area contributed by atoms with E-state index in [1.807, 2.05) is 6.92 Å². The Morgan fingerprint density at radius 1 is 1.16 bits per heavy atom. The summed E-state index contributed by atoms with van der Waals surface area (Å²) in [6.07, 6.45) is 5.20. The molecule has 0 aliphatic heterocycles. The van der Waals surface area contributed by atoms with Crippen molar-refractivity contribution >= 4 is 5.91 Å². The molecule has 0 bridgehead atoms. The van der Waals surface area contributed by atoms with E-state index < -0.39 is 23.6 Å². The van der Waals surface area contributed by atoms with E-state index in [0.717, 1.165) is 12.1 Å². The van der Waals surface area contributed by atoms with Crippen LogP contribution in [-0.4, -0.2) is 36.1 Å². The van der Waals surface area contributed by atoms with Crippen molar-refractivity contribution < 1.29 is 13.6 Å². The van der Waals surface area contributed by atoms with E-state index in [-0.39, 0.29) is 11.1 Å². The van der Waals surface area contributed by atoms with Crippen LogP contribution in [0.2, 0.25) is 0 Å². The molecule has 2 heterocycles. The molecule has 2 aromatic heterocycles. The SMILES string of the molecule is CCc1nnnn1-c1cc(C(=O)NC(C)c2cnccn2)cc(-c2ccc(F)cc2F)c1. The Morgan fingerprint density at radius 3 is 2.72 bits per heavy atom. The van der Waals surface area contributed by atoms with E-state index in [9.17, 15) is 13.6 Å². The molecule has 0 fully saturated rings. The molecule has 0 spiro atoms. The van der Waals surface area contributed by atoms with E-state index >= 15 is 0 Å². The number of benzene rings is 2. The van der Waals surface area contributed by atoms with E-state index in [2.05, 4.69) is 30.8 Å². The van der Waals surface area contributed by atoms with Gasteiger partial charge in [-0.2, -0.15) is 4.68 Å². The Kier molecular flexibility index (Phi) is 5.93. The van der Waals surface area contributed by atoms with Gasteiger partial charge in [0.25, 0.3) is 5.91 Å². The fourth-order valence-electron chi connectivity index (χ4n) is 3.26. The van der Waals surface area contributed by atoms with Gasteiger partial charge in [0, 0.05) is 36.0 Å². The Balaban J connectivity index is 1.77. The zero-order chi connectivity index (χ0) is 22.7. The smallest absolute Gasteiger partial charge is 0.251 e. The number of tetrazole rings is 1. The number of carbonyl (C=O) groups excluding carboxylic acids is 1. The third-order valence-corrected chi connectivity index (χ3v) is 4.89. The van der Waals surface area contributed by atoms with Gasteiger partial charge in [-0.1, -0.05) is 6.92 Å². The van der Waals surface area contributed by atoms with Crippen LogP contribution in [0.5, 0.6) is 0 Å². The van der Waals surface area contributed by atoms with Crippen LogP contribution in [0.1, 0.15) is 41.8 Å². The van der Waals surface area contributed by atoms with Crippen LogP contribution < -0.4 is 5.32 Å². The minimum Gasteiger partial charge on any atom is -0.344 e. The average Bonchev–Trinajstić information content (AvgIpc) is 3.28. The average molecular weight is 435 g/mol. The summed E-state index contributed by atoms with van der Waals surface area (Å²) in [4.78, 5) is 21.3. The lowest BCUT2D eigenvalue weighted by molar-refractivity contribution is 0.0939. The first-order chi connectivity index (χ1) is 15.5. The first-order valence-electron chi connectivity index (χ1n) is 9.91. The van der Waals surface area contributed by atoms with Crippen molar-refractivity contribution in [2.75, 3.05) is 0 Å². The number of hydrogen-bond donors (Lipinski definition) is 1. The molecule has 32 heavy (non-hydrogen) atoms. The second kappa shape index (κ2) is 8.96. The molecular formula is C22H19F2N7O. The fraction of sp³-hybridized carbons (Fsp3) is 0.182. The molecular weight excluding hydrogens is 416 g/mol. The molecule has 10 heteroatoms. The van der Waals surface area contributed by atoms with Crippen LogP contribution in [0, 0.1) is 11.6 Å². The van der Waals surface area contributed by atoms with Gasteiger partial charge < -0.3 is 5.32 Å². The van der Waals surface area contributed by atoms with Crippen molar-refractivity contribution in [2.24, 2.45) is 0 Å². The molecule has 1 amide bonds. The number of nitrogens with one attached hydrogen (secondary N) is 1. The summed E-state index contributed by atoms with van der Waals surface area (Å²) in [6.45, 7) is 3.67. The zero-order valence-corrected chi connectivity index (χ0v) is 17.3. The first-order valence-corrected chi connectivity index (χ1v) is 9.91. The number of carbonyl (C=O) groups is 1. The lowest BCUT2D eigenvalue weighted by Gasteiger charge is -2.15. The summed E-state index contributed by atoms with van der Waals surface area (Å²) in [5.74, 6) is -1.26. The molecule has 0 saturated heterocycles. The highest BCUT2D eigenvalue weighted by molar-refractivity contribution is 5.96. The lowest BCUT2D eigenvalue weighted by Crippen LogP contribution is -2.27. The number of amides is 1. The van der Waals surface area contributed by atoms with Gasteiger partial charge in [-0.3, -0.25) is 14.8 Å². The van der Waals surface area contributed by atoms with Gasteiger partial charge in [-0.05, 0) is 53.2 Å². The number of hydrogen-bond acceptors (Lipinski definition) is 6. The number of aromatic nitrogens is 6. The van der Waals surface area contributed by atoms with Crippen molar-refractivity contribution in [3.05, 3.63) is 83.7 Å². The number of nitrogens with zero attached hydrogens (tertiary/aromatic N) is 6. The summed E-state index contributed by atoms with van der Waals surface area (Å²) in [6, 6.07) is 7.67. The first kappa shape index (κ1) is 21.2. The Hall–Kier alpha value is -4.08. The molecule has 0 radical (unpaired) electrons. The maximum absolute atomic E-state index is 14.5. The van der Waals surface area contributed by atoms with E-state index in [0.29, 0.717) is 29.2 Å². The van der Waals surface area contributed by atoms with Gasteiger partial charge in [0.15, 0.2) is 5.82 Å². The summed E-state index contributed by atoms with van der Waals surface area (Å²) in [7, 11) is 0. The molecule has 0 aliphatic rings. The van der Waals surface area contributed by atoms with Gasteiger partial charge >= 0.3 is 0 Å². The third-order valence-electron chi connectivity index (χ3n) is 4.89. The van der Waals surface area contributed by atoms with E-state index in [4.69, 9.17) is 0 Å². The molecule has 162 valence electrons.